The highest BCUT2D eigenvalue weighted by Crippen LogP contribution is 2.39. The van der Waals surface area contributed by atoms with Crippen molar-refractivity contribution in [2.45, 2.75) is 25.3 Å². The molecule has 108 valence electrons. The first-order valence-corrected chi connectivity index (χ1v) is 6.42. The summed E-state index contributed by atoms with van der Waals surface area (Å²) >= 11 is 0. The van der Waals surface area contributed by atoms with Gasteiger partial charge >= 0.3 is 12.0 Å². The van der Waals surface area contributed by atoms with Gasteiger partial charge in [-0.2, -0.15) is 0 Å². The minimum atomic E-state index is -1.22. The number of carbonyl (C=O) groups excluding carboxylic acids is 1. The molecule has 1 unspecified atom stereocenters. The maximum Gasteiger partial charge on any atom is 0.329 e. The SMILES string of the molecule is COc1cccc(NC(=O)NC(C)(C(=O)O)C2CC2)c1. The Morgan fingerprint density at radius 2 is 2.10 bits per heavy atom. The topological polar surface area (TPSA) is 87.7 Å². The molecule has 1 atom stereocenters. The first kappa shape index (κ1) is 14.2. The second-order valence-electron chi connectivity index (χ2n) is 5.09. The second-order valence-corrected chi connectivity index (χ2v) is 5.09. The number of rotatable bonds is 5. The minimum Gasteiger partial charge on any atom is -0.497 e. The van der Waals surface area contributed by atoms with Crippen LogP contribution in [0.5, 0.6) is 5.75 Å². The van der Waals surface area contributed by atoms with Crippen molar-refractivity contribution < 1.29 is 19.4 Å². The molecule has 0 bridgehead atoms. The zero-order chi connectivity index (χ0) is 14.8. The maximum absolute atomic E-state index is 11.9. The molecule has 20 heavy (non-hydrogen) atoms. The molecule has 1 aliphatic rings. The third kappa shape index (κ3) is 3.01. The summed E-state index contributed by atoms with van der Waals surface area (Å²) in [4.78, 5) is 23.3. The third-order valence-corrected chi connectivity index (χ3v) is 3.54. The highest BCUT2D eigenvalue weighted by molar-refractivity contribution is 5.94. The smallest absolute Gasteiger partial charge is 0.329 e. The molecular weight excluding hydrogens is 260 g/mol. The summed E-state index contributed by atoms with van der Waals surface area (Å²) < 4.78 is 5.06. The molecule has 0 aromatic heterocycles. The van der Waals surface area contributed by atoms with Crippen LogP contribution in [0.3, 0.4) is 0 Å². The fourth-order valence-electron chi connectivity index (χ4n) is 2.09. The molecular formula is C14H18N2O4. The van der Waals surface area contributed by atoms with Gasteiger partial charge in [0, 0.05) is 11.8 Å². The number of carboxylic acid groups (broad SMARTS) is 1. The lowest BCUT2D eigenvalue weighted by atomic mass is 9.96. The van der Waals surface area contributed by atoms with Crippen molar-refractivity contribution in [1.29, 1.82) is 0 Å². The molecule has 0 aliphatic heterocycles. The van der Waals surface area contributed by atoms with Crippen molar-refractivity contribution in [2.75, 3.05) is 12.4 Å². The lowest BCUT2D eigenvalue weighted by molar-refractivity contribution is -0.144. The molecule has 0 spiro atoms. The number of carbonyl (C=O) groups is 2. The van der Waals surface area contributed by atoms with E-state index in [0.717, 1.165) is 12.8 Å². The summed E-state index contributed by atoms with van der Waals surface area (Å²) in [5.74, 6) is -0.400. The van der Waals surface area contributed by atoms with Crippen LogP contribution in [0.4, 0.5) is 10.5 Å². The van der Waals surface area contributed by atoms with Crippen molar-refractivity contribution in [2.24, 2.45) is 5.92 Å². The van der Waals surface area contributed by atoms with E-state index in [2.05, 4.69) is 10.6 Å². The number of benzene rings is 1. The summed E-state index contributed by atoms with van der Waals surface area (Å²) in [7, 11) is 1.54. The normalized spacial score (nSPS) is 16.9. The van der Waals surface area contributed by atoms with Gasteiger partial charge in [-0.05, 0) is 37.8 Å². The van der Waals surface area contributed by atoms with E-state index >= 15 is 0 Å². The number of nitrogens with one attached hydrogen (secondary N) is 2. The van der Waals surface area contributed by atoms with Gasteiger partial charge in [0.2, 0.25) is 0 Å². The predicted octanol–water partition coefficient (Wildman–Crippen LogP) is 2.07. The van der Waals surface area contributed by atoms with Gasteiger partial charge < -0.3 is 20.5 Å². The molecule has 1 aromatic carbocycles. The summed E-state index contributed by atoms with van der Waals surface area (Å²) in [5, 5.41) is 14.4. The molecule has 0 heterocycles. The Labute approximate surface area is 117 Å². The Morgan fingerprint density at radius 3 is 2.65 bits per heavy atom. The van der Waals surface area contributed by atoms with Crippen molar-refractivity contribution >= 4 is 17.7 Å². The number of amides is 2. The van der Waals surface area contributed by atoms with E-state index in [0.29, 0.717) is 11.4 Å². The molecule has 6 heteroatoms. The summed E-state index contributed by atoms with van der Waals surface area (Å²) in [6.07, 6.45) is 1.64. The number of anilines is 1. The van der Waals surface area contributed by atoms with Crippen LogP contribution in [-0.2, 0) is 4.79 Å². The minimum absolute atomic E-state index is 0.00365. The number of hydrogen-bond acceptors (Lipinski definition) is 3. The van der Waals surface area contributed by atoms with Gasteiger partial charge in [-0.25, -0.2) is 9.59 Å². The van der Waals surface area contributed by atoms with Gasteiger partial charge in [0.1, 0.15) is 11.3 Å². The predicted molar refractivity (Wildman–Crippen MR) is 73.9 cm³/mol. The largest absolute Gasteiger partial charge is 0.497 e. The average Bonchev–Trinajstić information content (AvgIpc) is 3.23. The van der Waals surface area contributed by atoms with Gasteiger partial charge in [-0.1, -0.05) is 6.07 Å². The molecule has 6 nitrogen and oxygen atoms in total. The molecule has 2 rings (SSSR count). The first-order valence-electron chi connectivity index (χ1n) is 6.42. The van der Waals surface area contributed by atoms with E-state index in [4.69, 9.17) is 4.74 Å². The van der Waals surface area contributed by atoms with Gasteiger partial charge in [0.25, 0.3) is 0 Å². The molecule has 0 radical (unpaired) electrons. The average molecular weight is 278 g/mol. The van der Waals surface area contributed by atoms with E-state index in [1.54, 1.807) is 24.3 Å². The number of ether oxygens (including phenoxy) is 1. The van der Waals surface area contributed by atoms with E-state index in [1.807, 2.05) is 0 Å². The number of aliphatic carboxylic acids is 1. The summed E-state index contributed by atoms with van der Waals surface area (Å²) in [6, 6.07) is 6.34. The van der Waals surface area contributed by atoms with Crippen molar-refractivity contribution in [3.05, 3.63) is 24.3 Å². The number of urea groups is 1. The summed E-state index contributed by atoms with van der Waals surface area (Å²) in [6.45, 7) is 1.54. The zero-order valence-electron chi connectivity index (χ0n) is 11.5. The van der Waals surface area contributed by atoms with E-state index < -0.39 is 17.5 Å². The van der Waals surface area contributed by atoms with Crippen molar-refractivity contribution in [3.8, 4) is 5.75 Å². The Morgan fingerprint density at radius 1 is 1.40 bits per heavy atom. The van der Waals surface area contributed by atoms with Crippen LogP contribution in [0.25, 0.3) is 0 Å². The van der Waals surface area contributed by atoms with Gasteiger partial charge in [0.05, 0.1) is 7.11 Å². The highest BCUT2D eigenvalue weighted by Gasteiger charge is 2.48. The number of hydrogen-bond donors (Lipinski definition) is 3. The van der Waals surface area contributed by atoms with Crippen LogP contribution in [0, 0.1) is 5.92 Å². The van der Waals surface area contributed by atoms with Crippen LogP contribution in [0.15, 0.2) is 24.3 Å². The third-order valence-electron chi connectivity index (χ3n) is 3.54. The zero-order valence-corrected chi connectivity index (χ0v) is 11.5. The highest BCUT2D eigenvalue weighted by atomic mass is 16.5. The Hall–Kier alpha value is -2.24. The van der Waals surface area contributed by atoms with Crippen molar-refractivity contribution in [3.63, 3.8) is 0 Å². The molecule has 1 aromatic rings. The Kier molecular flexibility index (Phi) is 3.83. The van der Waals surface area contributed by atoms with Crippen LogP contribution in [-0.4, -0.2) is 29.8 Å². The fraction of sp³-hybridized carbons (Fsp3) is 0.429. The lowest BCUT2D eigenvalue weighted by Crippen LogP contribution is -2.55. The number of methoxy groups -OCH3 is 1. The molecule has 1 fully saturated rings. The van der Waals surface area contributed by atoms with E-state index in [-0.39, 0.29) is 5.92 Å². The number of carboxylic acids is 1. The molecule has 2 amide bonds. The summed E-state index contributed by atoms with van der Waals surface area (Å²) in [5.41, 5.74) is -0.673. The van der Waals surface area contributed by atoms with Gasteiger partial charge in [-0.3, -0.25) is 0 Å². The van der Waals surface area contributed by atoms with Crippen LogP contribution in [0.2, 0.25) is 0 Å². The quantitative estimate of drug-likeness (QED) is 0.769. The Balaban J connectivity index is 2.02. The lowest BCUT2D eigenvalue weighted by Gasteiger charge is -2.26. The van der Waals surface area contributed by atoms with E-state index in [1.165, 1.54) is 14.0 Å². The van der Waals surface area contributed by atoms with Crippen LogP contribution in [0.1, 0.15) is 19.8 Å². The standard InChI is InChI=1S/C14H18N2O4/c1-14(12(17)18,9-6-7-9)16-13(19)15-10-4-3-5-11(8-10)20-2/h3-5,8-9H,6-7H2,1-2H3,(H,17,18)(H2,15,16,19). The first-order chi connectivity index (χ1) is 9.45. The Bertz CT molecular complexity index is 528. The molecule has 0 saturated heterocycles. The second kappa shape index (κ2) is 5.40. The van der Waals surface area contributed by atoms with E-state index in [9.17, 15) is 14.7 Å². The molecule has 1 saturated carbocycles. The van der Waals surface area contributed by atoms with Crippen LogP contribution < -0.4 is 15.4 Å². The fourth-order valence-corrected chi connectivity index (χ4v) is 2.09. The van der Waals surface area contributed by atoms with Gasteiger partial charge in [-0.15, -0.1) is 0 Å². The monoisotopic (exact) mass is 278 g/mol. The van der Waals surface area contributed by atoms with Gasteiger partial charge in [0.15, 0.2) is 0 Å². The van der Waals surface area contributed by atoms with Crippen LogP contribution >= 0.6 is 0 Å². The van der Waals surface area contributed by atoms with Crippen molar-refractivity contribution in [1.82, 2.24) is 5.32 Å². The maximum atomic E-state index is 11.9. The molecule has 1 aliphatic carbocycles. The molecule has 3 N–H and O–H groups in total.